The summed E-state index contributed by atoms with van der Waals surface area (Å²) in [4.78, 5) is 24.3. The molecule has 5 heteroatoms. The maximum atomic E-state index is 12.3. The summed E-state index contributed by atoms with van der Waals surface area (Å²) < 4.78 is 4.78. The summed E-state index contributed by atoms with van der Waals surface area (Å²) in [5.74, 6) is -0.926. The van der Waals surface area contributed by atoms with Crippen LogP contribution < -0.4 is 5.32 Å². The van der Waals surface area contributed by atoms with Gasteiger partial charge in [-0.3, -0.25) is 4.79 Å². The van der Waals surface area contributed by atoms with E-state index in [1.54, 1.807) is 37.3 Å². The number of ether oxygens (including phenoxy) is 1. The lowest BCUT2D eigenvalue weighted by molar-refractivity contribution is -0.144. The highest BCUT2D eigenvalue weighted by Crippen LogP contribution is 2.23. The molecule has 2 rings (SSSR count). The van der Waals surface area contributed by atoms with Crippen molar-refractivity contribution in [3.63, 3.8) is 0 Å². The van der Waals surface area contributed by atoms with Crippen LogP contribution in [-0.2, 0) is 14.3 Å². The predicted octanol–water partition coefficient (Wildman–Crippen LogP) is 3.77. The van der Waals surface area contributed by atoms with Crippen LogP contribution in [0.1, 0.15) is 24.1 Å². The van der Waals surface area contributed by atoms with Gasteiger partial charge < -0.3 is 10.1 Å². The van der Waals surface area contributed by atoms with Crippen LogP contribution in [-0.4, -0.2) is 19.0 Å². The van der Waals surface area contributed by atoms with Gasteiger partial charge in [0.15, 0.2) is 6.04 Å². The molecule has 0 bridgehead atoms. The zero-order valence-corrected chi connectivity index (χ0v) is 14.2. The van der Waals surface area contributed by atoms with Crippen molar-refractivity contribution in [2.24, 2.45) is 0 Å². The van der Waals surface area contributed by atoms with E-state index in [0.717, 1.165) is 5.56 Å². The van der Waals surface area contributed by atoms with Crippen molar-refractivity contribution in [1.29, 1.82) is 0 Å². The fourth-order valence-electron chi connectivity index (χ4n) is 2.28. The molecular weight excluding hydrogens is 326 g/mol. The molecule has 0 aliphatic heterocycles. The minimum absolute atomic E-state index is 0.397. The topological polar surface area (TPSA) is 55.4 Å². The number of nitrogens with one attached hydrogen (secondary N) is 1. The Morgan fingerprint density at radius 1 is 1.08 bits per heavy atom. The quantitative estimate of drug-likeness (QED) is 0.664. The Balaban J connectivity index is 2.21. The van der Waals surface area contributed by atoms with E-state index >= 15 is 0 Å². The SMILES string of the molecule is COC(=O)C(NC(=O)/C=C(/C)c1ccccc1Cl)c1ccccc1. The molecule has 1 amide bonds. The lowest BCUT2D eigenvalue weighted by atomic mass is 10.1. The van der Waals surface area contributed by atoms with E-state index < -0.39 is 17.9 Å². The first-order chi connectivity index (χ1) is 11.5. The average Bonchev–Trinajstić information content (AvgIpc) is 2.60. The average molecular weight is 344 g/mol. The molecule has 1 unspecified atom stereocenters. The first-order valence-corrected chi connectivity index (χ1v) is 7.77. The third-order valence-electron chi connectivity index (χ3n) is 3.50. The number of hydrogen-bond donors (Lipinski definition) is 1. The maximum Gasteiger partial charge on any atom is 0.333 e. The minimum Gasteiger partial charge on any atom is -0.467 e. The van der Waals surface area contributed by atoms with Crippen molar-refractivity contribution in [2.75, 3.05) is 7.11 Å². The van der Waals surface area contributed by atoms with Gasteiger partial charge in [-0.25, -0.2) is 4.79 Å². The summed E-state index contributed by atoms with van der Waals surface area (Å²) in [7, 11) is 1.29. The highest BCUT2D eigenvalue weighted by molar-refractivity contribution is 6.32. The monoisotopic (exact) mass is 343 g/mol. The Labute approximate surface area is 146 Å². The van der Waals surface area contributed by atoms with Crippen LogP contribution in [0.2, 0.25) is 5.02 Å². The summed E-state index contributed by atoms with van der Waals surface area (Å²) in [5, 5.41) is 3.23. The van der Waals surface area contributed by atoms with Crippen molar-refractivity contribution in [1.82, 2.24) is 5.32 Å². The van der Waals surface area contributed by atoms with Gasteiger partial charge in [-0.2, -0.15) is 0 Å². The molecule has 1 N–H and O–H groups in total. The number of hydrogen-bond acceptors (Lipinski definition) is 3. The summed E-state index contributed by atoms with van der Waals surface area (Å²) in [6.07, 6.45) is 1.42. The van der Waals surface area contributed by atoms with Crippen LogP contribution in [0.4, 0.5) is 0 Å². The minimum atomic E-state index is -0.862. The van der Waals surface area contributed by atoms with Crippen LogP contribution in [0.15, 0.2) is 60.7 Å². The third kappa shape index (κ3) is 4.46. The molecule has 2 aromatic carbocycles. The Bertz CT molecular complexity index is 756. The van der Waals surface area contributed by atoms with E-state index in [0.29, 0.717) is 16.2 Å². The van der Waals surface area contributed by atoms with Gasteiger partial charge in [0.25, 0.3) is 0 Å². The highest BCUT2D eigenvalue weighted by atomic mass is 35.5. The molecule has 2 aromatic rings. The van der Waals surface area contributed by atoms with Crippen LogP contribution >= 0.6 is 11.6 Å². The van der Waals surface area contributed by atoms with Gasteiger partial charge in [-0.1, -0.05) is 60.1 Å². The van der Waals surface area contributed by atoms with E-state index in [2.05, 4.69) is 5.32 Å². The van der Waals surface area contributed by atoms with Gasteiger partial charge in [0.1, 0.15) is 0 Å². The van der Waals surface area contributed by atoms with Crippen LogP contribution in [0.25, 0.3) is 5.57 Å². The highest BCUT2D eigenvalue weighted by Gasteiger charge is 2.22. The van der Waals surface area contributed by atoms with Gasteiger partial charge in [-0.15, -0.1) is 0 Å². The fourth-order valence-corrected chi connectivity index (χ4v) is 2.57. The van der Waals surface area contributed by atoms with Crippen molar-refractivity contribution < 1.29 is 14.3 Å². The molecule has 0 aliphatic rings. The first-order valence-electron chi connectivity index (χ1n) is 7.39. The number of carbonyl (C=O) groups excluding carboxylic acids is 2. The zero-order chi connectivity index (χ0) is 17.5. The summed E-state index contributed by atoms with van der Waals surface area (Å²) in [5.41, 5.74) is 2.12. The molecule has 24 heavy (non-hydrogen) atoms. The standard InChI is InChI=1S/C19H18ClNO3/c1-13(15-10-6-7-11-16(15)20)12-17(22)21-18(19(23)24-2)14-8-4-3-5-9-14/h3-12,18H,1-2H3,(H,21,22)/b13-12-. The number of halogens is 1. The van der Waals surface area contributed by atoms with Crippen LogP contribution in [0, 0.1) is 0 Å². The summed E-state index contributed by atoms with van der Waals surface area (Å²) >= 11 is 6.13. The number of esters is 1. The lowest BCUT2D eigenvalue weighted by Gasteiger charge is -2.16. The van der Waals surface area contributed by atoms with Crippen molar-refractivity contribution in [2.45, 2.75) is 13.0 Å². The molecule has 0 saturated heterocycles. The molecule has 0 saturated carbocycles. The molecular formula is C19H18ClNO3. The fraction of sp³-hybridized carbons (Fsp3) is 0.158. The predicted molar refractivity (Wildman–Crippen MR) is 94.4 cm³/mol. The van der Waals surface area contributed by atoms with E-state index in [-0.39, 0.29) is 0 Å². The molecule has 0 aliphatic carbocycles. The third-order valence-corrected chi connectivity index (χ3v) is 3.83. The molecule has 0 fully saturated rings. The molecule has 4 nitrogen and oxygen atoms in total. The molecule has 1 atom stereocenters. The Morgan fingerprint density at radius 2 is 1.71 bits per heavy atom. The summed E-state index contributed by atoms with van der Waals surface area (Å²) in [6, 6.07) is 15.3. The first kappa shape index (κ1) is 17.8. The molecule has 0 aromatic heterocycles. The Hall–Kier alpha value is -2.59. The number of methoxy groups -OCH3 is 1. The van der Waals surface area contributed by atoms with E-state index in [4.69, 9.17) is 16.3 Å². The zero-order valence-electron chi connectivity index (χ0n) is 13.5. The number of amides is 1. The largest absolute Gasteiger partial charge is 0.467 e. The van der Waals surface area contributed by atoms with Gasteiger partial charge in [0, 0.05) is 11.1 Å². The van der Waals surface area contributed by atoms with E-state index in [1.165, 1.54) is 13.2 Å². The smallest absolute Gasteiger partial charge is 0.333 e. The lowest BCUT2D eigenvalue weighted by Crippen LogP contribution is -2.33. The van der Waals surface area contributed by atoms with Crippen molar-refractivity contribution in [3.05, 3.63) is 76.8 Å². The number of carbonyl (C=O) groups is 2. The van der Waals surface area contributed by atoms with Crippen LogP contribution in [0.3, 0.4) is 0 Å². The second kappa shape index (κ2) is 8.31. The number of benzene rings is 2. The molecule has 0 radical (unpaired) electrons. The molecule has 0 heterocycles. The van der Waals surface area contributed by atoms with Crippen LogP contribution in [0.5, 0.6) is 0 Å². The van der Waals surface area contributed by atoms with Crippen molar-refractivity contribution >= 4 is 29.1 Å². The van der Waals surface area contributed by atoms with Gasteiger partial charge in [0.2, 0.25) is 5.91 Å². The van der Waals surface area contributed by atoms with Gasteiger partial charge in [-0.05, 0) is 29.7 Å². The second-order valence-electron chi connectivity index (χ2n) is 5.18. The second-order valence-corrected chi connectivity index (χ2v) is 5.59. The molecule has 124 valence electrons. The Morgan fingerprint density at radius 3 is 2.33 bits per heavy atom. The van der Waals surface area contributed by atoms with Crippen molar-refractivity contribution in [3.8, 4) is 0 Å². The van der Waals surface area contributed by atoms with Gasteiger partial charge >= 0.3 is 5.97 Å². The normalized spacial score (nSPS) is 12.4. The van der Waals surface area contributed by atoms with E-state index in [9.17, 15) is 9.59 Å². The Kier molecular flexibility index (Phi) is 6.15. The van der Waals surface area contributed by atoms with Gasteiger partial charge in [0.05, 0.1) is 7.11 Å². The summed E-state index contributed by atoms with van der Waals surface area (Å²) in [6.45, 7) is 1.79. The number of allylic oxidation sites excluding steroid dienone is 1. The van der Waals surface area contributed by atoms with E-state index in [1.807, 2.05) is 24.3 Å². The molecule has 0 spiro atoms. The number of rotatable bonds is 5. The maximum absolute atomic E-state index is 12.3.